The first-order chi connectivity index (χ1) is 4.52. The molecule has 0 saturated heterocycles. The second-order valence-electron chi connectivity index (χ2n) is 1.51. The standard InChI is InChI=1S/C5H7F3N2/c1-10-3-4(2-9)5(6,7)8/h2-3H,9H2,1H3/b4-2+,10-3-. The molecule has 5 heteroatoms. The molecule has 0 aromatic carbocycles. The Morgan fingerprint density at radius 3 is 2.10 bits per heavy atom. The van der Waals surface area contributed by atoms with Crippen molar-refractivity contribution in [3.63, 3.8) is 0 Å². The molecule has 0 spiro atoms. The minimum absolute atomic E-state index is 0.479. The van der Waals surface area contributed by atoms with E-state index < -0.39 is 11.7 Å². The number of alkyl halides is 3. The van der Waals surface area contributed by atoms with Gasteiger partial charge >= 0.3 is 6.18 Å². The van der Waals surface area contributed by atoms with Crippen molar-refractivity contribution in [2.45, 2.75) is 6.18 Å². The van der Waals surface area contributed by atoms with Gasteiger partial charge in [0.05, 0.1) is 5.57 Å². The normalized spacial score (nSPS) is 14.6. The quantitative estimate of drug-likeness (QED) is 0.561. The van der Waals surface area contributed by atoms with E-state index in [1.54, 1.807) is 0 Å². The highest BCUT2D eigenvalue weighted by Crippen LogP contribution is 2.22. The van der Waals surface area contributed by atoms with Gasteiger partial charge in [-0.1, -0.05) is 0 Å². The third-order valence-corrected chi connectivity index (χ3v) is 0.775. The highest BCUT2D eigenvalue weighted by Gasteiger charge is 2.31. The zero-order valence-corrected chi connectivity index (χ0v) is 5.31. The van der Waals surface area contributed by atoms with Crippen LogP contribution < -0.4 is 5.73 Å². The predicted molar refractivity (Wildman–Crippen MR) is 32.7 cm³/mol. The maximum Gasteiger partial charge on any atom is 0.419 e. The molecule has 0 aromatic rings. The van der Waals surface area contributed by atoms with E-state index >= 15 is 0 Å². The van der Waals surface area contributed by atoms with E-state index in [1.807, 2.05) is 0 Å². The summed E-state index contributed by atoms with van der Waals surface area (Å²) in [4.78, 5) is 3.18. The molecule has 0 fully saturated rings. The minimum Gasteiger partial charge on any atom is -0.404 e. The number of aliphatic imine (C=N–C) groups is 1. The van der Waals surface area contributed by atoms with E-state index in [4.69, 9.17) is 0 Å². The molecule has 2 nitrogen and oxygen atoms in total. The van der Waals surface area contributed by atoms with E-state index in [-0.39, 0.29) is 0 Å². The van der Waals surface area contributed by atoms with Crippen LogP contribution in [0.3, 0.4) is 0 Å². The first-order valence-corrected chi connectivity index (χ1v) is 2.43. The highest BCUT2D eigenvalue weighted by atomic mass is 19.4. The van der Waals surface area contributed by atoms with E-state index in [2.05, 4.69) is 10.7 Å². The molecule has 0 radical (unpaired) electrons. The molecule has 0 atom stereocenters. The second kappa shape index (κ2) is 3.24. The van der Waals surface area contributed by atoms with Crippen LogP contribution in [0.1, 0.15) is 0 Å². The Labute approximate surface area is 56.2 Å². The van der Waals surface area contributed by atoms with Crippen LogP contribution in [-0.4, -0.2) is 19.4 Å². The SMILES string of the molecule is C/N=C\C(=C/N)C(F)(F)F. The first-order valence-electron chi connectivity index (χ1n) is 2.43. The van der Waals surface area contributed by atoms with Gasteiger partial charge in [0.15, 0.2) is 0 Å². The summed E-state index contributed by atoms with van der Waals surface area (Å²) in [6, 6.07) is 0. The Morgan fingerprint density at radius 1 is 1.50 bits per heavy atom. The predicted octanol–water partition coefficient (Wildman–Crippen LogP) is 1.09. The number of nitrogens with two attached hydrogens (primary N) is 1. The lowest BCUT2D eigenvalue weighted by molar-refractivity contribution is -0.0857. The topological polar surface area (TPSA) is 38.4 Å². The summed E-state index contributed by atoms with van der Waals surface area (Å²) in [5.41, 5.74) is 3.74. The summed E-state index contributed by atoms with van der Waals surface area (Å²) in [5.74, 6) is 0. The Kier molecular flexibility index (Phi) is 2.92. The van der Waals surface area contributed by atoms with Crippen molar-refractivity contribution in [2.24, 2.45) is 10.7 Å². The number of nitrogens with zero attached hydrogens (tertiary/aromatic N) is 1. The molecule has 0 saturated carbocycles. The largest absolute Gasteiger partial charge is 0.419 e. The van der Waals surface area contributed by atoms with E-state index in [9.17, 15) is 13.2 Å². The number of halogens is 3. The van der Waals surface area contributed by atoms with Crippen molar-refractivity contribution in [3.8, 4) is 0 Å². The fraction of sp³-hybridized carbons (Fsp3) is 0.400. The van der Waals surface area contributed by atoms with E-state index in [0.29, 0.717) is 12.4 Å². The van der Waals surface area contributed by atoms with Gasteiger partial charge in [-0.25, -0.2) is 0 Å². The third kappa shape index (κ3) is 2.52. The van der Waals surface area contributed by atoms with E-state index in [0.717, 1.165) is 0 Å². The number of rotatable bonds is 1. The summed E-state index contributed by atoms with van der Waals surface area (Å²) in [5, 5.41) is 0. The fourth-order valence-corrected chi connectivity index (χ4v) is 0.350. The van der Waals surface area contributed by atoms with Crippen LogP contribution in [0.5, 0.6) is 0 Å². The summed E-state index contributed by atoms with van der Waals surface area (Å²) < 4.78 is 35.0. The van der Waals surface area contributed by atoms with Crippen molar-refractivity contribution >= 4 is 6.21 Å². The van der Waals surface area contributed by atoms with Gasteiger partial charge in [-0.15, -0.1) is 0 Å². The van der Waals surface area contributed by atoms with Crippen LogP contribution in [0, 0.1) is 0 Å². The average Bonchev–Trinajstić information content (AvgIpc) is 1.80. The van der Waals surface area contributed by atoms with Crippen molar-refractivity contribution in [1.29, 1.82) is 0 Å². The molecule has 0 bridgehead atoms. The van der Waals surface area contributed by atoms with Gasteiger partial charge in [0.1, 0.15) is 0 Å². The molecule has 0 aliphatic heterocycles. The third-order valence-electron chi connectivity index (χ3n) is 0.775. The van der Waals surface area contributed by atoms with Gasteiger partial charge in [-0.3, -0.25) is 4.99 Å². The van der Waals surface area contributed by atoms with Crippen molar-refractivity contribution in [1.82, 2.24) is 0 Å². The molecular weight excluding hydrogens is 145 g/mol. The van der Waals surface area contributed by atoms with Crippen LogP contribution in [0.25, 0.3) is 0 Å². The minimum atomic E-state index is -4.39. The molecule has 0 aliphatic carbocycles. The molecule has 0 amide bonds. The molecule has 0 aromatic heterocycles. The van der Waals surface area contributed by atoms with Crippen molar-refractivity contribution in [2.75, 3.05) is 7.05 Å². The van der Waals surface area contributed by atoms with Gasteiger partial charge in [-0.05, 0) is 0 Å². The first kappa shape index (κ1) is 9.00. The fourth-order valence-electron chi connectivity index (χ4n) is 0.350. The Morgan fingerprint density at radius 2 is 2.00 bits per heavy atom. The van der Waals surface area contributed by atoms with Crippen molar-refractivity contribution < 1.29 is 13.2 Å². The highest BCUT2D eigenvalue weighted by molar-refractivity contribution is 5.79. The van der Waals surface area contributed by atoms with Crippen LogP contribution in [-0.2, 0) is 0 Å². The smallest absolute Gasteiger partial charge is 0.404 e. The Hall–Kier alpha value is -1.00. The zero-order chi connectivity index (χ0) is 8.20. The molecule has 0 aliphatic rings. The van der Waals surface area contributed by atoms with Gasteiger partial charge in [0.2, 0.25) is 0 Å². The summed E-state index contributed by atoms with van der Waals surface area (Å²) in [7, 11) is 1.25. The second-order valence-corrected chi connectivity index (χ2v) is 1.51. The van der Waals surface area contributed by atoms with Crippen LogP contribution >= 0.6 is 0 Å². The molecular formula is C5H7F3N2. The van der Waals surface area contributed by atoms with Crippen LogP contribution in [0.4, 0.5) is 13.2 Å². The van der Waals surface area contributed by atoms with Crippen LogP contribution in [0.15, 0.2) is 16.8 Å². The number of allylic oxidation sites excluding steroid dienone is 1. The van der Waals surface area contributed by atoms with E-state index in [1.165, 1.54) is 7.05 Å². The van der Waals surface area contributed by atoms with Crippen molar-refractivity contribution in [3.05, 3.63) is 11.8 Å². The van der Waals surface area contributed by atoms with Crippen LogP contribution in [0.2, 0.25) is 0 Å². The average molecular weight is 152 g/mol. The summed E-state index contributed by atoms with van der Waals surface area (Å²) in [6.45, 7) is 0. The Bertz CT molecular complexity index is 157. The van der Waals surface area contributed by atoms with Gasteiger partial charge < -0.3 is 5.73 Å². The van der Waals surface area contributed by atoms with Gasteiger partial charge in [0.25, 0.3) is 0 Å². The maximum atomic E-state index is 11.7. The number of hydrogen-bond donors (Lipinski definition) is 1. The lowest BCUT2D eigenvalue weighted by atomic mass is 10.3. The molecule has 0 heterocycles. The molecule has 58 valence electrons. The lowest BCUT2D eigenvalue weighted by Gasteiger charge is -2.03. The summed E-state index contributed by atoms with van der Waals surface area (Å²) >= 11 is 0. The molecule has 2 N–H and O–H groups in total. The Balaban J connectivity index is 4.39. The maximum absolute atomic E-state index is 11.7. The summed E-state index contributed by atoms with van der Waals surface area (Å²) in [6.07, 6.45) is -3.25. The van der Waals surface area contributed by atoms with Gasteiger partial charge in [0, 0.05) is 19.5 Å². The zero-order valence-electron chi connectivity index (χ0n) is 5.31. The molecule has 0 unspecified atom stereocenters. The molecule has 0 rings (SSSR count). The molecule has 10 heavy (non-hydrogen) atoms. The van der Waals surface area contributed by atoms with Gasteiger partial charge in [-0.2, -0.15) is 13.2 Å². The monoisotopic (exact) mass is 152 g/mol. The number of hydrogen-bond acceptors (Lipinski definition) is 2. The lowest BCUT2D eigenvalue weighted by Crippen LogP contribution is -2.14.